The fourth-order valence-electron chi connectivity index (χ4n) is 2.09. The van der Waals surface area contributed by atoms with Crippen LogP contribution in [-0.2, 0) is 6.42 Å². The Labute approximate surface area is 128 Å². The van der Waals surface area contributed by atoms with Crippen molar-refractivity contribution < 1.29 is 9.38 Å². The van der Waals surface area contributed by atoms with Gasteiger partial charge in [0.25, 0.3) is 0 Å². The van der Waals surface area contributed by atoms with Crippen LogP contribution in [0.3, 0.4) is 0 Å². The van der Waals surface area contributed by atoms with E-state index in [2.05, 4.69) is 5.18 Å². The van der Waals surface area contributed by atoms with Crippen molar-refractivity contribution in [2.75, 3.05) is 5.06 Å². The van der Waals surface area contributed by atoms with Gasteiger partial charge in [-0.05, 0) is 48.4 Å². The number of anilines is 1. The molecule has 2 aromatic carbocycles. The molecule has 0 aromatic heterocycles. The van der Waals surface area contributed by atoms with E-state index in [9.17, 15) is 4.91 Å². The molecule has 1 N–H and O–H groups in total. The summed E-state index contributed by atoms with van der Waals surface area (Å²) in [6.45, 7) is 1.36. The van der Waals surface area contributed by atoms with Crippen molar-refractivity contribution in [2.45, 2.75) is 19.4 Å². The summed E-state index contributed by atoms with van der Waals surface area (Å²) < 4.78 is 22.7. The molecule has 4 nitrogen and oxygen atoms in total. The maximum absolute atomic E-state index is 10.5. The summed E-state index contributed by atoms with van der Waals surface area (Å²) in [5.41, 5.74) is 2.29. The lowest BCUT2D eigenvalue weighted by molar-refractivity contribution is 0.227. The maximum Gasteiger partial charge on any atom is 0.246 e. The van der Waals surface area contributed by atoms with Crippen LogP contribution >= 0.6 is 0 Å². The average Bonchev–Trinajstić information content (AvgIpc) is 2.62. The van der Waals surface area contributed by atoms with E-state index in [1.165, 1.54) is 17.2 Å². The molecule has 4 heteroatoms. The molecule has 0 radical (unpaired) electrons. The molecule has 0 spiro atoms. The van der Waals surface area contributed by atoms with Crippen LogP contribution in [0.4, 0.5) is 11.4 Å². The third-order valence-corrected chi connectivity index (χ3v) is 3.26. The molecule has 108 valence electrons. The Kier molecular flexibility index (Phi) is 3.64. The molecular formula is C17H18N2O2. The van der Waals surface area contributed by atoms with Gasteiger partial charge in [-0.15, -0.1) is 4.91 Å². The largest absolute Gasteiger partial charge is 0.288 e. The first kappa shape index (κ1) is 11.2. The molecule has 0 heterocycles. The highest BCUT2D eigenvalue weighted by Crippen LogP contribution is 2.23. The van der Waals surface area contributed by atoms with E-state index in [-0.39, 0.29) is 12.2 Å². The smallest absolute Gasteiger partial charge is 0.246 e. The summed E-state index contributed by atoms with van der Waals surface area (Å²) >= 11 is 0. The predicted molar refractivity (Wildman–Crippen MR) is 84.9 cm³/mol. The topological polar surface area (TPSA) is 52.9 Å². The summed E-state index contributed by atoms with van der Waals surface area (Å²) in [4.78, 5) is 10.5. The minimum atomic E-state index is -0.495. The number of hydrogen-bond acceptors (Lipinski definition) is 4. The van der Waals surface area contributed by atoms with E-state index < -0.39 is 6.04 Å². The number of rotatable bonds is 7. The lowest BCUT2D eigenvalue weighted by atomic mass is 10.00. The van der Waals surface area contributed by atoms with Gasteiger partial charge in [-0.3, -0.25) is 5.21 Å². The van der Waals surface area contributed by atoms with Gasteiger partial charge in [-0.1, -0.05) is 42.4 Å². The minimum Gasteiger partial charge on any atom is -0.288 e. The SMILES string of the molecule is [2H]ON(c1ccc(N=O)cc1)C(Cc1ccccc1)C(C)=C([2H])[2H]. The van der Waals surface area contributed by atoms with Crippen molar-refractivity contribution in [3.05, 3.63) is 77.2 Å². The zero-order chi connectivity index (χ0) is 17.5. The first-order chi connectivity index (χ1) is 11.6. The van der Waals surface area contributed by atoms with Crippen LogP contribution in [0.2, 0.25) is 1.43 Å². The summed E-state index contributed by atoms with van der Waals surface area (Å²) in [7, 11) is 0. The number of nitroso groups, excluding NO2 is 1. The molecule has 0 saturated heterocycles. The van der Waals surface area contributed by atoms with Gasteiger partial charge in [0.1, 0.15) is 5.69 Å². The van der Waals surface area contributed by atoms with Gasteiger partial charge in [-0.25, -0.2) is 5.06 Å². The average molecular weight is 285 g/mol. The van der Waals surface area contributed by atoms with E-state index in [0.717, 1.165) is 5.56 Å². The van der Waals surface area contributed by atoms with Crippen molar-refractivity contribution in [1.82, 2.24) is 0 Å². The molecule has 2 rings (SSSR count). The van der Waals surface area contributed by atoms with Gasteiger partial charge in [0.15, 0.2) is 0 Å². The molecule has 2 aromatic rings. The normalized spacial score (nSPS) is 13.5. The molecule has 1 unspecified atom stereocenters. The van der Waals surface area contributed by atoms with Gasteiger partial charge in [0.05, 0.1) is 14.5 Å². The van der Waals surface area contributed by atoms with Crippen LogP contribution in [0.5, 0.6) is 0 Å². The quantitative estimate of drug-likeness (QED) is 0.464. The Morgan fingerprint density at radius 2 is 2.05 bits per heavy atom. The van der Waals surface area contributed by atoms with Crippen molar-refractivity contribution in [3.63, 3.8) is 0 Å². The monoisotopic (exact) mass is 285 g/mol. The highest BCUT2D eigenvalue weighted by molar-refractivity contribution is 5.52. The summed E-state index contributed by atoms with van der Waals surface area (Å²) in [5.74, 6) is 0. The highest BCUT2D eigenvalue weighted by atomic mass is 16.5. The molecule has 1 atom stereocenters. The van der Waals surface area contributed by atoms with E-state index in [1.807, 2.05) is 30.3 Å². The van der Waals surface area contributed by atoms with Crippen LogP contribution in [0, 0.1) is 4.91 Å². The van der Waals surface area contributed by atoms with Crippen molar-refractivity contribution >= 4 is 11.4 Å². The minimum absolute atomic E-state index is 0.275. The summed E-state index contributed by atoms with van der Waals surface area (Å²) in [5, 5.41) is 8.96. The van der Waals surface area contributed by atoms with Crippen LogP contribution in [0.15, 0.2) is 71.9 Å². The van der Waals surface area contributed by atoms with Crippen LogP contribution in [-0.4, -0.2) is 11.3 Å². The number of hydroxylamine groups is 1. The van der Waals surface area contributed by atoms with E-state index in [0.29, 0.717) is 17.7 Å². The fourth-order valence-corrected chi connectivity index (χ4v) is 2.09. The lowest BCUT2D eigenvalue weighted by Crippen LogP contribution is -2.34. The van der Waals surface area contributed by atoms with Crippen molar-refractivity contribution in [2.24, 2.45) is 5.18 Å². The Hall–Kier alpha value is -2.46. The Bertz CT molecular complexity index is 702. The number of hydrogen-bond donors (Lipinski definition) is 1. The molecule has 0 bridgehead atoms. The molecule has 0 aliphatic carbocycles. The molecule has 0 aliphatic heterocycles. The maximum atomic E-state index is 10.5. The standard InChI is InChI=1S/C17H18N2O2/c1-13(2)17(12-14-6-4-3-5-7-14)19(21)16-10-8-15(18-20)9-11-16/h3-11,17,21H,1,12H2,2H3/i1D2,21D. The van der Waals surface area contributed by atoms with Crippen LogP contribution in [0.25, 0.3) is 0 Å². The Morgan fingerprint density at radius 3 is 2.62 bits per heavy atom. The highest BCUT2D eigenvalue weighted by Gasteiger charge is 2.18. The van der Waals surface area contributed by atoms with E-state index >= 15 is 0 Å². The fraction of sp³-hybridized carbons (Fsp3) is 0.176. The molecule has 0 amide bonds. The van der Waals surface area contributed by atoms with Gasteiger partial charge >= 0.3 is 0 Å². The second-order valence-electron chi connectivity index (χ2n) is 4.82. The Morgan fingerprint density at radius 1 is 1.33 bits per heavy atom. The third-order valence-electron chi connectivity index (χ3n) is 3.26. The Balaban J connectivity index is 2.38. The zero-order valence-electron chi connectivity index (χ0n) is 14.7. The van der Waals surface area contributed by atoms with Crippen LogP contribution < -0.4 is 5.06 Å². The van der Waals surface area contributed by atoms with E-state index in [4.69, 9.17) is 9.38 Å². The van der Waals surface area contributed by atoms with E-state index in [1.54, 1.807) is 19.1 Å². The predicted octanol–water partition coefficient (Wildman–Crippen LogP) is 4.47. The van der Waals surface area contributed by atoms with Crippen LogP contribution in [0.1, 0.15) is 15.2 Å². The summed E-state index contributed by atoms with van der Waals surface area (Å²) in [6, 6.07) is 15.4. The first-order valence-corrected chi connectivity index (χ1v) is 6.60. The second-order valence-corrected chi connectivity index (χ2v) is 4.82. The van der Waals surface area contributed by atoms with Gasteiger partial charge < -0.3 is 0 Å². The number of nitrogens with zero attached hydrogens (tertiary/aromatic N) is 2. The summed E-state index contributed by atoms with van der Waals surface area (Å²) in [6.07, 6.45) is 0.473. The molecule has 0 fully saturated rings. The van der Waals surface area contributed by atoms with Crippen molar-refractivity contribution in [3.8, 4) is 0 Å². The van der Waals surface area contributed by atoms with Gasteiger partial charge in [0.2, 0.25) is 1.43 Å². The first-order valence-electron chi connectivity index (χ1n) is 8.01. The molecule has 21 heavy (non-hydrogen) atoms. The van der Waals surface area contributed by atoms with Crippen molar-refractivity contribution in [1.29, 1.82) is 0 Å². The number of benzene rings is 2. The van der Waals surface area contributed by atoms with Gasteiger partial charge in [0, 0.05) is 0 Å². The molecular weight excluding hydrogens is 264 g/mol. The third kappa shape index (κ3) is 3.77. The lowest BCUT2D eigenvalue weighted by Gasteiger charge is -2.28. The second kappa shape index (κ2) is 6.81. The van der Waals surface area contributed by atoms with Gasteiger partial charge in [-0.2, -0.15) is 0 Å². The zero-order valence-corrected chi connectivity index (χ0v) is 11.7. The molecule has 0 aliphatic rings. The molecule has 0 saturated carbocycles.